The van der Waals surface area contributed by atoms with Gasteiger partial charge in [-0.15, -0.1) is 11.8 Å². The van der Waals surface area contributed by atoms with Crippen molar-refractivity contribution in [2.45, 2.75) is 11.4 Å². The van der Waals surface area contributed by atoms with Crippen LogP contribution in [-0.2, 0) is 11.3 Å². The summed E-state index contributed by atoms with van der Waals surface area (Å²) in [4.78, 5) is 33.6. The van der Waals surface area contributed by atoms with E-state index in [9.17, 15) is 9.59 Å². The summed E-state index contributed by atoms with van der Waals surface area (Å²) in [6, 6.07) is 10.8. The number of hydrogen-bond donors (Lipinski definition) is 1. The number of nitrogens with one attached hydrogen (secondary N) is 1. The predicted octanol–water partition coefficient (Wildman–Crippen LogP) is 2.15. The van der Waals surface area contributed by atoms with Crippen LogP contribution in [0.3, 0.4) is 0 Å². The van der Waals surface area contributed by atoms with Crippen LogP contribution in [0.25, 0.3) is 11.0 Å². The predicted molar refractivity (Wildman–Crippen MR) is 90.7 cm³/mol. The first-order chi connectivity index (χ1) is 11.2. The lowest BCUT2D eigenvalue weighted by Gasteiger charge is -2.08. The topological polar surface area (TPSA) is 76.9 Å². The number of anilines is 1. The van der Waals surface area contributed by atoms with Crippen LogP contribution in [-0.4, -0.2) is 26.7 Å². The van der Waals surface area contributed by atoms with E-state index in [0.717, 1.165) is 4.90 Å². The van der Waals surface area contributed by atoms with Crippen molar-refractivity contribution in [2.75, 3.05) is 11.6 Å². The van der Waals surface area contributed by atoms with Crippen molar-refractivity contribution in [2.24, 2.45) is 0 Å². The fraction of sp³-hybridized carbons (Fsp3) is 0.125. The highest BCUT2D eigenvalue weighted by molar-refractivity contribution is 7.98. The van der Waals surface area contributed by atoms with Gasteiger partial charge in [-0.05, 0) is 42.7 Å². The van der Waals surface area contributed by atoms with Gasteiger partial charge in [0.1, 0.15) is 12.9 Å². The second-order valence-electron chi connectivity index (χ2n) is 4.83. The third kappa shape index (κ3) is 3.40. The molecule has 0 saturated heterocycles. The Balaban J connectivity index is 1.77. The van der Waals surface area contributed by atoms with Gasteiger partial charge in [-0.1, -0.05) is 0 Å². The standard InChI is InChI=1S/C16H14N4O2S/c1-23-12-6-4-11(5-7-12)19-14(21)9-20-10-18-15-13(16(20)22)3-2-8-17-15/h2-8,10H,9H2,1H3,(H,19,21). The van der Waals surface area contributed by atoms with Crippen LogP contribution in [0.1, 0.15) is 0 Å². The number of fused-ring (bicyclic) bond motifs is 1. The van der Waals surface area contributed by atoms with Crippen molar-refractivity contribution < 1.29 is 4.79 Å². The Morgan fingerprint density at radius 2 is 2.00 bits per heavy atom. The normalized spacial score (nSPS) is 10.7. The number of carbonyl (C=O) groups is 1. The quantitative estimate of drug-likeness (QED) is 0.743. The highest BCUT2D eigenvalue weighted by atomic mass is 32.2. The lowest BCUT2D eigenvalue weighted by Crippen LogP contribution is -2.28. The van der Waals surface area contributed by atoms with E-state index in [4.69, 9.17) is 0 Å². The van der Waals surface area contributed by atoms with Gasteiger partial charge in [0.2, 0.25) is 5.91 Å². The first-order valence-electron chi connectivity index (χ1n) is 6.91. The molecule has 0 radical (unpaired) electrons. The van der Waals surface area contributed by atoms with Gasteiger partial charge in [-0.3, -0.25) is 14.2 Å². The zero-order valence-corrected chi connectivity index (χ0v) is 13.2. The van der Waals surface area contributed by atoms with Gasteiger partial charge < -0.3 is 5.32 Å². The van der Waals surface area contributed by atoms with E-state index in [-0.39, 0.29) is 18.0 Å². The molecule has 3 rings (SSSR count). The summed E-state index contributed by atoms with van der Waals surface area (Å²) in [5.74, 6) is -0.283. The molecule has 0 bridgehead atoms. The Morgan fingerprint density at radius 1 is 1.22 bits per heavy atom. The average molecular weight is 326 g/mol. The number of benzene rings is 1. The van der Waals surface area contributed by atoms with E-state index in [1.165, 1.54) is 10.9 Å². The van der Waals surface area contributed by atoms with Gasteiger partial charge in [-0.25, -0.2) is 9.97 Å². The van der Waals surface area contributed by atoms with Crippen LogP contribution in [0, 0.1) is 0 Å². The molecule has 1 aromatic carbocycles. The van der Waals surface area contributed by atoms with E-state index in [1.807, 2.05) is 30.5 Å². The van der Waals surface area contributed by atoms with Crippen LogP contribution in [0.15, 0.2) is 58.6 Å². The molecule has 0 fully saturated rings. The summed E-state index contributed by atoms with van der Waals surface area (Å²) in [6.45, 7) is -0.0963. The summed E-state index contributed by atoms with van der Waals surface area (Å²) in [6.07, 6.45) is 4.90. The maximum absolute atomic E-state index is 12.3. The van der Waals surface area contributed by atoms with E-state index in [2.05, 4.69) is 15.3 Å². The lowest BCUT2D eigenvalue weighted by atomic mass is 10.3. The molecule has 0 atom stereocenters. The third-order valence-corrected chi connectivity index (χ3v) is 4.03. The van der Waals surface area contributed by atoms with Gasteiger partial charge in [0, 0.05) is 16.8 Å². The van der Waals surface area contributed by atoms with Gasteiger partial charge in [0.25, 0.3) is 5.56 Å². The summed E-state index contributed by atoms with van der Waals surface area (Å²) < 4.78 is 1.27. The molecular formula is C16H14N4O2S. The second kappa shape index (κ2) is 6.62. The Kier molecular flexibility index (Phi) is 4.38. The molecule has 2 aromatic heterocycles. The number of pyridine rings is 1. The SMILES string of the molecule is CSc1ccc(NC(=O)Cn2cnc3ncccc3c2=O)cc1. The first-order valence-corrected chi connectivity index (χ1v) is 8.14. The van der Waals surface area contributed by atoms with Gasteiger partial charge in [0.15, 0.2) is 5.65 Å². The van der Waals surface area contributed by atoms with Crippen molar-refractivity contribution in [3.8, 4) is 0 Å². The second-order valence-corrected chi connectivity index (χ2v) is 5.71. The fourth-order valence-electron chi connectivity index (χ4n) is 2.14. The zero-order valence-electron chi connectivity index (χ0n) is 12.4. The van der Waals surface area contributed by atoms with E-state index >= 15 is 0 Å². The number of amides is 1. The minimum Gasteiger partial charge on any atom is -0.325 e. The molecule has 0 aliphatic heterocycles. The van der Waals surface area contributed by atoms with Gasteiger partial charge in [0.05, 0.1) is 5.39 Å². The van der Waals surface area contributed by atoms with Crippen LogP contribution < -0.4 is 10.9 Å². The maximum atomic E-state index is 12.3. The number of rotatable bonds is 4. The molecule has 1 amide bonds. The molecule has 3 aromatic rings. The highest BCUT2D eigenvalue weighted by Crippen LogP contribution is 2.17. The van der Waals surface area contributed by atoms with Crippen LogP contribution >= 0.6 is 11.8 Å². The van der Waals surface area contributed by atoms with Crippen molar-refractivity contribution in [3.05, 3.63) is 59.3 Å². The van der Waals surface area contributed by atoms with E-state index < -0.39 is 0 Å². The Bertz CT molecular complexity index is 906. The average Bonchev–Trinajstić information content (AvgIpc) is 2.58. The van der Waals surface area contributed by atoms with Gasteiger partial charge >= 0.3 is 0 Å². The third-order valence-electron chi connectivity index (χ3n) is 3.29. The number of hydrogen-bond acceptors (Lipinski definition) is 5. The smallest absolute Gasteiger partial charge is 0.263 e. The summed E-state index contributed by atoms with van der Waals surface area (Å²) in [7, 11) is 0. The summed E-state index contributed by atoms with van der Waals surface area (Å²) >= 11 is 1.63. The zero-order chi connectivity index (χ0) is 16.2. The molecule has 0 saturated carbocycles. The minimum atomic E-state index is -0.283. The van der Waals surface area contributed by atoms with Gasteiger partial charge in [-0.2, -0.15) is 0 Å². The monoisotopic (exact) mass is 326 g/mol. The molecule has 0 unspecified atom stereocenters. The number of thioether (sulfide) groups is 1. The number of nitrogens with zero attached hydrogens (tertiary/aromatic N) is 3. The first kappa shape index (κ1) is 15.2. The Hall–Kier alpha value is -2.67. The molecule has 2 heterocycles. The van der Waals surface area contributed by atoms with Crippen molar-refractivity contribution in [1.82, 2.24) is 14.5 Å². The molecule has 0 aliphatic carbocycles. The molecule has 0 spiro atoms. The Labute approximate surface area is 136 Å². The number of carbonyl (C=O) groups excluding carboxylic acids is 1. The van der Waals surface area contributed by atoms with Crippen LogP contribution in [0.4, 0.5) is 5.69 Å². The van der Waals surface area contributed by atoms with Crippen molar-refractivity contribution >= 4 is 34.4 Å². The maximum Gasteiger partial charge on any atom is 0.263 e. The van der Waals surface area contributed by atoms with Crippen LogP contribution in [0.2, 0.25) is 0 Å². The summed E-state index contributed by atoms with van der Waals surface area (Å²) in [5.41, 5.74) is 0.786. The largest absolute Gasteiger partial charge is 0.325 e. The molecule has 23 heavy (non-hydrogen) atoms. The molecule has 0 aliphatic rings. The van der Waals surface area contributed by atoms with Crippen molar-refractivity contribution in [1.29, 1.82) is 0 Å². The van der Waals surface area contributed by atoms with Crippen molar-refractivity contribution in [3.63, 3.8) is 0 Å². The molecule has 7 heteroatoms. The fourth-order valence-corrected chi connectivity index (χ4v) is 2.55. The summed E-state index contributed by atoms with van der Waals surface area (Å²) in [5, 5.41) is 3.16. The molecular weight excluding hydrogens is 312 g/mol. The molecule has 6 nitrogen and oxygen atoms in total. The Morgan fingerprint density at radius 3 is 2.74 bits per heavy atom. The highest BCUT2D eigenvalue weighted by Gasteiger charge is 2.08. The molecule has 1 N–H and O–H groups in total. The molecule has 116 valence electrons. The minimum absolute atomic E-state index is 0.0963. The van der Waals surface area contributed by atoms with Crippen LogP contribution in [0.5, 0.6) is 0 Å². The van der Waals surface area contributed by atoms with E-state index in [1.54, 1.807) is 30.1 Å². The number of aromatic nitrogens is 3. The van der Waals surface area contributed by atoms with E-state index in [0.29, 0.717) is 16.7 Å². The lowest BCUT2D eigenvalue weighted by molar-refractivity contribution is -0.116.